The fourth-order valence-corrected chi connectivity index (χ4v) is 1.85. The van der Waals surface area contributed by atoms with Crippen LogP contribution in [0.4, 0.5) is 13.2 Å². The average Bonchev–Trinajstić information content (AvgIpc) is 2.77. The van der Waals surface area contributed by atoms with Gasteiger partial charge in [0.05, 0.1) is 11.8 Å². The molecular formula is C13H11F3N2O3. The van der Waals surface area contributed by atoms with E-state index in [2.05, 4.69) is 5.10 Å². The Balaban J connectivity index is 2.24. The fourth-order valence-electron chi connectivity index (χ4n) is 1.85. The molecule has 0 fully saturated rings. The first-order valence-electron chi connectivity index (χ1n) is 5.84. The van der Waals surface area contributed by atoms with Crippen molar-refractivity contribution in [3.63, 3.8) is 0 Å². The maximum Gasteiger partial charge on any atom is 0.419 e. The van der Waals surface area contributed by atoms with Crippen LogP contribution < -0.4 is 4.74 Å². The standard InChI is InChI=1S/C13H11F3N2O3/c1-18-11(12(19)20)8(6-17-18)7-21-10-5-3-2-4-9(10)13(14,15)16/h2-6H,7H2,1H3,(H,19,20). The van der Waals surface area contributed by atoms with Crippen molar-refractivity contribution < 1.29 is 27.8 Å². The Labute approximate surface area is 117 Å². The summed E-state index contributed by atoms with van der Waals surface area (Å²) in [5.74, 6) is -1.58. The van der Waals surface area contributed by atoms with E-state index in [0.717, 1.165) is 10.7 Å². The lowest BCUT2D eigenvalue weighted by Gasteiger charge is -2.13. The molecule has 0 atom stereocenters. The van der Waals surface area contributed by atoms with Gasteiger partial charge < -0.3 is 9.84 Å². The van der Waals surface area contributed by atoms with Crippen LogP contribution >= 0.6 is 0 Å². The zero-order chi connectivity index (χ0) is 15.6. The van der Waals surface area contributed by atoms with Crippen LogP contribution in [0.2, 0.25) is 0 Å². The van der Waals surface area contributed by atoms with Gasteiger partial charge in [-0.25, -0.2) is 4.79 Å². The van der Waals surface area contributed by atoms with Crippen LogP contribution in [0.5, 0.6) is 5.75 Å². The van der Waals surface area contributed by atoms with Gasteiger partial charge in [0.1, 0.15) is 12.4 Å². The van der Waals surface area contributed by atoms with E-state index in [4.69, 9.17) is 9.84 Å². The Morgan fingerprint density at radius 2 is 2.05 bits per heavy atom. The molecule has 1 N–H and O–H groups in total. The van der Waals surface area contributed by atoms with E-state index in [0.29, 0.717) is 0 Å². The van der Waals surface area contributed by atoms with Gasteiger partial charge in [-0.2, -0.15) is 18.3 Å². The molecule has 0 spiro atoms. The SMILES string of the molecule is Cn1ncc(COc2ccccc2C(F)(F)F)c1C(=O)O. The number of para-hydroxylation sites is 1. The molecule has 0 unspecified atom stereocenters. The third kappa shape index (κ3) is 3.15. The third-order valence-corrected chi connectivity index (χ3v) is 2.79. The summed E-state index contributed by atoms with van der Waals surface area (Å²) in [7, 11) is 1.43. The monoisotopic (exact) mass is 300 g/mol. The van der Waals surface area contributed by atoms with E-state index < -0.39 is 17.7 Å². The van der Waals surface area contributed by atoms with Crippen LogP contribution in [0.15, 0.2) is 30.5 Å². The first-order valence-corrected chi connectivity index (χ1v) is 5.84. The molecule has 0 saturated heterocycles. The molecule has 0 radical (unpaired) electrons. The molecule has 5 nitrogen and oxygen atoms in total. The topological polar surface area (TPSA) is 64.4 Å². The molecule has 1 aromatic carbocycles. The molecule has 8 heteroatoms. The van der Waals surface area contributed by atoms with E-state index in [1.165, 1.54) is 31.4 Å². The second-order valence-corrected chi connectivity index (χ2v) is 4.23. The molecule has 2 aromatic rings. The van der Waals surface area contributed by atoms with Crippen LogP contribution in [0.3, 0.4) is 0 Å². The summed E-state index contributed by atoms with van der Waals surface area (Å²) >= 11 is 0. The summed E-state index contributed by atoms with van der Waals surface area (Å²) in [4.78, 5) is 11.0. The summed E-state index contributed by atoms with van der Waals surface area (Å²) in [6, 6.07) is 4.74. The minimum absolute atomic E-state index is 0.125. The maximum absolute atomic E-state index is 12.8. The van der Waals surface area contributed by atoms with Crippen LogP contribution in [0.25, 0.3) is 0 Å². The molecule has 0 aliphatic heterocycles. The molecule has 0 aliphatic rings. The van der Waals surface area contributed by atoms with Gasteiger partial charge in [0.25, 0.3) is 0 Å². The van der Waals surface area contributed by atoms with Crippen molar-refractivity contribution in [2.45, 2.75) is 12.8 Å². The number of alkyl halides is 3. The van der Waals surface area contributed by atoms with Gasteiger partial charge in [0, 0.05) is 12.6 Å². The number of nitrogens with zero attached hydrogens (tertiary/aromatic N) is 2. The number of carbonyl (C=O) groups is 1. The summed E-state index contributed by atoms with van der Waals surface area (Å²) in [5, 5.41) is 12.8. The first-order chi connectivity index (χ1) is 9.80. The van der Waals surface area contributed by atoms with Crippen LogP contribution in [0, 0.1) is 0 Å². The molecule has 1 aromatic heterocycles. The summed E-state index contributed by atoms with van der Waals surface area (Å²) < 4.78 is 44.6. The van der Waals surface area contributed by atoms with Gasteiger partial charge in [-0.3, -0.25) is 4.68 Å². The predicted molar refractivity (Wildman–Crippen MR) is 65.9 cm³/mol. The second kappa shape index (κ2) is 5.47. The van der Waals surface area contributed by atoms with Crippen molar-refractivity contribution in [1.82, 2.24) is 9.78 Å². The van der Waals surface area contributed by atoms with Gasteiger partial charge in [0.15, 0.2) is 5.69 Å². The van der Waals surface area contributed by atoms with Crippen molar-refractivity contribution in [2.75, 3.05) is 0 Å². The lowest BCUT2D eigenvalue weighted by Crippen LogP contribution is -2.11. The van der Waals surface area contributed by atoms with Crippen molar-refractivity contribution in [1.29, 1.82) is 0 Å². The minimum Gasteiger partial charge on any atom is -0.488 e. The average molecular weight is 300 g/mol. The van der Waals surface area contributed by atoms with Gasteiger partial charge in [-0.1, -0.05) is 12.1 Å². The number of hydrogen-bond acceptors (Lipinski definition) is 3. The maximum atomic E-state index is 12.8. The number of carboxylic acid groups (broad SMARTS) is 1. The summed E-state index contributed by atoms with van der Waals surface area (Å²) in [6.07, 6.45) is -3.29. The zero-order valence-electron chi connectivity index (χ0n) is 10.9. The largest absolute Gasteiger partial charge is 0.488 e. The Morgan fingerprint density at radius 1 is 1.38 bits per heavy atom. The molecule has 1 heterocycles. The Morgan fingerprint density at radius 3 is 2.67 bits per heavy atom. The normalized spacial score (nSPS) is 11.4. The molecule has 21 heavy (non-hydrogen) atoms. The fraction of sp³-hybridized carbons (Fsp3) is 0.231. The Kier molecular flexibility index (Phi) is 3.88. The highest BCUT2D eigenvalue weighted by Crippen LogP contribution is 2.36. The predicted octanol–water partition coefficient (Wildman–Crippen LogP) is 2.72. The van der Waals surface area contributed by atoms with Gasteiger partial charge in [-0.15, -0.1) is 0 Å². The molecule has 112 valence electrons. The van der Waals surface area contributed by atoms with E-state index in [-0.39, 0.29) is 23.6 Å². The Bertz CT molecular complexity index is 665. The van der Waals surface area contributed by atoms with Gasteiger partial charge >= 0.3 is 12.1 Å². The number of benzene rings is 1. The van der Waals surface area contributed by atoms with Gasteiger partial charge in [-0.05, 0) is 12.1 Å². The van der Waals surface area contributed by atoms with Crippen molar-refractivity contribution in [3.05, 3.63) is 47.3 Å². The Hall–Kier alpha value is -2.51. The number of carboxylic acids is 1. The summed E-state index contributed by atoms with van der Waals surface area (Å²) in [5.41, 5.74) is -0.841. The van der Waals surface area contributed by atoms with Crippen molar-refractivity contribution in [3.8, 4) is 5.75 Å². The zero-order valence-corrected chi connectivity index (χ0v) is 10.9. The summed E-state index contributed by atoms with van der Waals surface area (Å²) in [6.45, 7) is -0.317. The minimum atomic E-state index is -4.54. The number of ether oxygens (including phenoxy) is 1. The number of rotatable bonds is 4. The second-order valence-electron chi connectivity index (χ2n) is 4.23. The van der Waals surface area contributed by atoms with Crippen LogP contribution in [0.1, 0.15) is 21.6 Å². The number of aromatic carboxylic acids is 1. The van der Waals surface area contributed by atoms with Crippen molar-refractivity contribution in [2.24, 2.45) is 7.05 Å². The van der Waals surface area contributed by atoms with E-state index in [1.54, 1.807) is 0 Å². The highest BCUT2D eigenvalue weighted by atomic mass is 19.4. The lowest BCUT2D eigenvalue weighted by molar-refractivity contribution is -0.139. The van der Waals surface area contributed by atoms with E-state index >= 15 is 0 Å². The number of aryl methyl sites for hydroxylation is 1. The molecule has 0 amide bonds. The smallest absolute Gasteiger partial charge is 0.419 e. The lowest BCUT2D eigenvalue weighted by atomic mass is 10.2. The molecule has 0 bridgehead atoms. The quantitative estimate of drug-likeness (QED) is 0.943. The number of aromatic nitrogens is 2. The number of hydrogen-bond donors (Lipinski definition) is 1. The molecular weight excluding hydrogens is 289 g/mol. The highest BCUT2D eigenvalue weighted by Gasteiger charge is 2.34. The highest BCUT2D eigenvalue weighted by molar-refractivity contribution is 5.87. The molecule has 2 rings (SSSR count). The molecule has 0 aliphatic carbocycles. The van der Waals surface area contributed by atoms with Crippen molar-refractivity contribution >= 4 is 5.97 Å². The first kappa shape index (κ1) is 14.9. The van der Waals surface area contributed by atoms with Crippen LogP contribution in [-0.2, 0) is 19.8 Å². The van der Waals surface area contributed by atoms with Gasteiger partial charge in [0.2, 0.25) is 0 Å². The number of halogens is 3. The van der Waals surface area contributed by atoms with E-state index in [9.17, 15) is 18.0 Å². The third-order valence-electron chi connectivity index (χ3n) is 2.79. The van der Waals surface area contributed by atoms with E-state index in [1.807, 2.05) is 0 Å². The molecule has 0 saturated carbocycles. The van der Waals surface area contributed by atoms with Crippen LogP contribution in [-0.4, -0.2) is 20.9 Å².